The molecule has 0 saturated heterocycles. The van der Waals surface area contributed by atoms with E-state index in [-0.39, 0.29) is 12.6 Å². The van der Waals surface area contributed by atoms with E-state index in [9.17, 15) is 13.2 Å². The van der Waals surface area contributed by atoms with Crippen LogP contribution in [0.3, 0.4) is 0 Å². The molecule has 1 aliphatic rings. The predicted octanol–water partition coefficient (Wildman–Crippen LogP) is 3.51. The third-order valence-electron chi connectivity index (χ3n) is 3.68. The minimum absolute atomic E-state index is 0.182. The molecular weight excluding hydrogens is 243 g/mol. The molecule has 5 heteroatoms. The highest BCUT2D eigenvalue weighted by Crippen LogP contribution is 2.26. The number of rotatable bonds is 6. The fourth-order valence-electron chi connectivity index (χ4n) is 2.73. The molecule has 108 valence electrons. The minimum atomic E-state index is -4.21. The quantitative estimate of drug-likeness (QED) is 0.587. The van der Waals surface area contributed by atoms with E-state index in [4.69, 9.17) is 0 Å². The van der Waals surface area contributed by atoms with Gasteiger partial charge in [-0.2, -0.15) is 13.2 Å². The molecule has 1 fully saturated rings. The van der Waals surface area contributed by atoms with Crippen LogP contribution < -0.4 is 5.32 Å². The van der Waals surface area contributed by atoms with E-state index in [2.05, 4.69) is 10.1 Å². The van der Waals surface area contributed by atoms with Gasteiger partial charge in [0, 0.05) is 12.6 Å². The summed E-state index contributed by atoms with van der Waals surface area (Å²) in [5, 5.41) is 3.24. The van der Waals surface area contributed by atoms with Crippen molar-refractivity contribution in [3.8, 4) is 0 Å². The van der Waals surface area contributed by atoms with Gasteiger partial charge >= 0.3 is 6.18 Å². The first kappa shape index (κ1) is 15.8. The van der Waals surface area contributed by atoms with Crippen molar-refractivity contribution >= 4 is 0 Å². The van der Waals surface area contributed by atoms with Crippen LogP contribution >= 0.6 is 0 Å². The Bertz CT molecular complexity index is 213. The molecule has 0 aliphatic heterocycles. The van der Waals surface area contributed by atoms with E-state index in [0.717, 1.165) is 0 Å². The van der Waals surface area contributed by atoms with Crippen molar-refractivity contribution in [2.24, 2.45) is 5.92 Å². The van der Waals surface area contributed by atoms with Gasteiger partial charge in [0.05, 0.1) is 0 Å². The van der Waals surface area contributed by atoms with Gasteiger partial charge in [0.1, 0.15) is 6.61 Å². The van der Waals surface area contributed by atoms with Gasteiger partial charge in [0.25, 0.3) is 0 Å². The lowest BCUT2D eigenvalue weighted by Gasteiger charge is -2.25. The lowest BCUT2D eigenvalue weighted by Crippen LogP contribution is -2.35. The van der Waals surface area contributed by atoms with Crippen LogP contribution in [-0.2, 0) is 4.74 Å². The largest absolute Gasteiger partial charge is 0.411 e. The van der Waals surface area contributed by atoms with Crippen LogP contribution in [0, 0.1) is 5.92 Å². The number of nitrogens with one attached hydrogen (secondary N) is 1. The summed E-state index contributed by atoms with van der Waals surface area (Å²) < 4.78 is 40.5. The number of hydrogen-bond acceptors (Lipinski definition) is 2. The van der Waals surface area contributed by atoms with Gasteiger partial charge in [0.2, 0.25) is 0 Å². The van der Waals surface area contributed by atoms with Gasteiger partial charge in [-0.1, -0.05) is 25.7 Å². The molecule has 0 spiro atoms. The molecule has 0 bridgehead atoms. The molecule has 1 saturated carbocycles. The van der Waals surface area contributed by atoms with Gasteiger partial charge < -0.3 is 10.1 Å². The average Bonchev–Trinajstić information content (AvgIpc) is 2.56. The zero-order chi connectivity index (χ0) is 13.4. The van der Waals surface area contributed by atoms with E-state index >= 15 is 0 Å². The average molecular weight is 267 g/mol. The summed E-state index contributed by atoms with van der Waals surface area (Å²) in [6, 6.07) is 0.288. The molecule has 0 radical (unpaired) electrons. The highest BCUT2D eigenvalue weighted by atomic mass is 19.4. The van der Waals surface area contributed by atoms with E-state index in [1.165, 1.54) is 38.5 Å². The van der Waals surface area contributed by atoms with Crippen LogP contribution in [0.15, 0.2) is 0 Å². The Hall–Kier alpha value is -0.290. The molecule has 1 aliphatic carbocycles. The monoisotopic (exact) mass is 267 g/mol. The second-order valence-corrected chi connectivity index (χ2v) is 5.10. The van der Waals surface area contributed by atoms with Crippen molar-refractivity contribution < 1.29 is 17.9 Å². The summed E-state index contributed by atoms with van der Waals surface area (Å²) in [4.78, 5) is 0. The van der Waals surface area contributed by atoms with E-state index in [1.807, 2.05) is 7.05 Å². The number of alkyl halides is 3. The maximum absolute atomic E-state index is 11.9. The van der Waals surface area contributed by atoms with E-state index in [0.29, 0.717) is 12.3 Å². The first-order valence-electron chi connectivity index (χ1n) is 6.84. The van der Waals surface area contributed by atoms with Crippen LogP contribution in [0.1, 0.15) is 44.9 Å². The maximum atomic E-state index is 11.9. The molecule has 0 heterocycles. The molecular formula is C13H24F3NO. The third kappa shape index (κ3) is 6.59. The Morgan fingerprint density at radius 3 is 2.28 bits per heavy atom. The summed E-state index contributed by atoms with van der Waals surface area (Å²) >= 11 is 0. The van der Waals surface area contributed by atoms with Gasteiger partial charge in [0.15, 0.2) is 0 Å². The Labute approximate surface area is 107 Å². The fourth-order valence-corrected chi connectivity index (χ4v) is 2.73. The maximum Gasteiger partial charge on any atom is 0.411 e. The summed E-state index contributed by atoms with van der Waals surface area (Å²) in [6.45, 7) is -0.949. The SMILES string of the molecule is CNC(CCOCC(F)(F)F)C1CCCCCC1. The molecule has 0 aromatic carbocycles. The summed E-state index contributed by atoms with van der Waals surface area (Å²) in [5.41, 5.74) is 0. The Morgan fingerprint density at radius 1 is 1.17 bits per heavy atom. The van der Waals surface area contributed by atoms with Crippen LogP contribution in [0.25, 0.3) is 0 Å². The lowest BCUT2D eigenvalue weighted by atomic mass is 9.90. The van der Waals surface area contributed by atoms with Crippen LogP contribution in [-0.4, -0.2) is 32.5 Å². The van der Waals surface area contributed by atoms with Gasteiger partial charge in [-0.15, -0.1) is 0 Å². The molecule has 1 rings (SSSR count). The van der Waals surface area contributed by atoms with Crippen LogP contribution in [0.5, 0.6) is 0 Å². The number of ether oxygens (including phenoxy) is 1. The van der Waals surface area contributed by atoms with Crippen molar-refractivity contribution in [1.29, 1.82) is 0 Å². The highest BCUT2D eigenvalue weighted by molar-refractivity contribution is 4.77. The summed E-state index contributed by atoms with van der Waals surface area (Å²) in [5.74, 6) is 0.590. The summed E-state index contributed by atoms with van der Waals surface area (Å²) in [7, 11) is 1.89. The van der Waals surface area contributed by atoms with Gasteiger partial charge in [-0.25, -0.2) is 0 Å². The molecule has 1 unspecified atom stereocenters. The Morgan fingerprint density at radius 2 is 1.78 bits per heavy atom. The Kier molecular flexibility index (Phi) is 7.00. The smallest absolute Gasteiger partial charge is 0.372 e. The second kappa shape index (κ2) is 8.00. The van der Waals surface area contributed by atoms with Crippen molar-refractivity contribution in [3.05, 3.63) is 0 Å². The predicted molar refractivity (Wildman–Crippen MR) is 65.5 cm³/mol. The fraction of sp³-hybridized carbons (Fsp3) is 1.00. The number of hydrogen-bond donors (Lipinski definition) is 1. The molecule has 2 nitrogen and oxygen atoms in total. The number of halogens is 3. The standard InChI is InChI=1S/C13H24F3NO/c1-17-12(8-9-18-10-13(14,15)16)11-6-4-2-3-5-7-11/h11-12,17H,2-10H2,1H3. The molecule has 1 N–H and O–H groups in total. The third-order valence-corrected chi connectivity index (χ3v) is 3.68. The van der Waals surface area contributed by atoms with Crippen molar-refractivity contribution in [3.63, 3.8) is 0 Å². The van der Waals surface area contributed by atoms with E-state index < -0.39 is 12.8 Å². The molecule has 18 heavy (non-hydrogen) atoms. The van der Waals surface area contributed by atoms with Crippen LogP contribution in [0.2, 0.25) is 0 Å². The highest BCUT2D eigenvalue weighted by Gasteiger charge is 2.28. The van der Waals surface area contributed by atoms with Crippen molar-refractivity contribution in [1.82, 2.24) is 5.32 Å². The molecule has 1 atom stereocenters. The van der Waals surface area contributed by atoms with Crippen molar-refractivity contribution in [2.45, 2.75) is 57.2 Å². The zero-order valence-corrected chi connectivity index (χ0v) is 11.1. The normalized spacial score (nSPS) is 20.7. The molecule has 0 aromatic heterocycles. The van der Waals surface area contributed by atoms with Crippen molar-refractivity contribution in [2.75, 3.05) is 20.3 Å². The molecule has 0 amide bonds. The first-order valence-corrected chi connectivity index (χ1v) is 6.84. The van der Waals surface area contributed by atoms with Gasteiger partial charge in [-0.05, 0) is 32.2 Å². The topological polar surface area (TPSA) is 21.3 Å². The zero-order valence-electron chi connectivity index (χ0n) is 11.1. The van der Waals surface area contributed by atoms with Gasteiger partial charge in [-0.3, -0.25) is 0 Å². The second-order valence-electron chi connectivity index (χ2n) is 5.10. The Balaban J connectivity index is 2.23. The molecule has 0 aromatic rings. The first-order chi connectivity index (χ1) is 8.53. The summed E-state index contributed by atoms with van der Waals surface area (Å²) in [6.07, 6.45) is 3.89. The van der Waals surface area contributed by atoms with Crippen LogP contribution in [0.4, 0.5) is 13.2 Å². The van der Waals surface area contributed by atoms with E-state index in [1.54, 1.807) is 0 Å². The minimum Gasteiger partial charge on any atom is -0.372 e. The lowest BCUT2D eigenvalue weighted by molar-refractivity contribution is -0.174.